The second-order valence-corrected chi connectivity index (χ2v) is 12.2. The summed E-state index contributed by atoms with van der Waals surface area (Å²) in [5.41, 5.74) is 0.313. The molecule has 5 rings (SSSR count). The maximum Gasteiger partial charge on any atom is 0.416 e. The van der Waals surface area contributed by atoms with Gasteiger partial charge in [0.15, 0.2) is 0 Å². The first-order valence-corrected chi connectivity index (χ1v) is 16.4. The molecular formula is C37H37F4N7O4. The molecule has 0 radical (unpaired) electrons. The standard InChI is InChI=1S/C37H37F4N7O4/c1-4-47-35-32(28(45-48(35)27-11-6-5-7-12-27)22-43-30(50)18-17-29(49)42-19-20-46(2)3)31(23-13-15-26(38)16-14-23)33(36(47)52)44-34(51)24-9-8-10-25(21-24)37(39,40)41/h5-18,21,31,33H,4,19-20,22H2,1-3H3,(H,42,49)(H,43,50)(H,44,51)/b18-17+/t31-,33-/m0/s1. The Morgan fingerprint density at radius 2 is 1.60 bits per heavy atom. The Morgan fingerprint density at radius 1 is 0.923 bits per heavy atom. The van der Waals surface area contributed by atoms with Crippen LogP contribution in [0.25, 0.3) is 5.69 Å². The number of aromatic nitrogens is 2. The predicted octanol–water partition coefficient (Wildman–Crippen LogP) is 4.18. The number of fused-ring (bicyclic) bond motifs is 1. The molecule has 0 saturated carbocycles. The number of amides is 4. The third kappa shape index (κ3) is 8.54. The summed E-state index contributed by atoms with van der Waals surface area (Å²) in [7, 11) is 3.71. The lowest BCUT2D eigenvalue weighted by atomic mass is 9.80. The smallest absolute Gasteiger partial charge is 0.351 e. The van der Waals surface area contributed by atoms with E-state index in [-0.39, 0.29) is 24.3 Å². The molecule has 0 saturated heterocycles. The lowest BCUT2D eigenvalue weighted by Crippen LogP contribution is -2.55. The number of carbonyl (C=O) groups is 4. The van der Waals surface area contributed by atoms with Gasteiger partial charge in [0.05, 0.1) is 23.5 Å². The first kappa shape index (κ1) is 37.4. The highest BCUT2D eigenvalue weighted by Gasteiger charge is 2.46. The zero-order chi connectivity index (χ0) is 37.6. The second kappa shape index (κ2) is 16.0. The van der Waals surface area contributed by atoms with Gasteiger partial charge in [-0.2, -0.15) is 18.3 Å². The molecule has 1 aliphatic rings. The van der Waals surface area contributed by atoms with E-state index in [1.165, 1.54) is 39.9 Å². The number of hydrogen-bond acceptors (Lipinski definition) is 6. The SMILES string of the molecule is CCN1C(=O)[C@@H](NC(=O)c2cccc(C(F)(F)F)c2)[C@@H](c2ccc(F)cc2)c2c(CNC(=O)/C=C/C(=O)NCCN(C)C)nn(-c3ccccc3)c21. The van der Waals surface area contributed by atoms with E-state index in [4.69, 9.17) is 5.10 Å². The van der Waals surface area contributed by atoms with Crippen LogP contribution in [0.2, 0.25) is 0 Å². The van der Waals surface area contributed by atoms with Gasteiger partial charge in [0.2, 0.25) is 11.8 Å². The summed E-state index contributed by atoms with van der Waals surface area (Å²) < 4.78 is 56.3. The van der Waals surface area contributed by atoms with Crippen LogP contribution in [0.3, 0.4) is 0 Å². The molecule has 2 heterocycles. The molecule has 0 unspecified atom stereocenters. The maximum absolute atomic E-state index is 14.4. The molecule has 0 bridgehead atoms. The van der Waals surface area contributed by atoms with Crippen LogP contribution in [0.1, 0.15) is 45.6 Å². The highest BCUT2D eigenvalue weighted by Crippen LogP contribution is 2.43. The zero-order valence-corrected chi connectivity index (χ0v) is 28.6. The largest absolute Gasteiger partial charge is 0.416 e. The van der Waals surface area contributed by atoms with Crippen molar-refractivity contribution in [3.63, 3.8) is 0 Å². The number of nitrogens with zero attached hydrogens (tertiary/aromatic N) is 4. The minimum atomic E-state index is -4.71. The molecule has 3 aromatic carbocycles. The van der Waals surface area contributed by atoms with E-state index < -0.39 is 53.1 Å². The Kier molecular flexibility index (Phi) is 11.5. The summed E-state index contributed by atoms with van der Waals surface area (Å²) in [5.74, 6) is -3.85. The van der Waals surface area contributed by atoms with Gasteiger partial charge in [0, 0.05) is 48.8 Å². The maximum atomic E-state index is 14.4. The summed E-state index contributed by atoms with van der Waals surface area (Å²) >= 11 is 0. The van der Waals surface area contributed by atoms with Crippen LogP contribution in [-0.2, 0) is 27.1 Å². The monoisotopic (exact) mass is 719 g/mol. The van der Waals surface area contributed by atoms with Gasteiger partial charge in [0.1, 0.15) is 17.7 Å². The lowest BCUT2D eigenvalue weighted by Gasteiger charge is -2.38. The van der Waals surface area contributed by atoms with Crippen LogP contribution >= 0.6 is 0 Å². The van der Waals surface area contributed by atoms with E-state index in [0.29, 0.717) is 41.8 Å². The Morgan fingerprint density at radius 3 is 2.23 bits per heavy atom. The van der Waals surface area contributed by atoms with Crippen LogP contribution in [0.4, 0.5) is 23.4 Å². The molecule has 4 aromatic rings. The molecule has 0 spiro atoms. The van der Waals surface area contributed by atoms with Crippen molar-refractivity contribution in [2.75, 3.05) is 38.6 Å². The van der Waals surface area contributed by atoms with Crippen molar-refractivity contribution < 1.29 is 36.7 Å². The molecule has 1 aromatic heterocycles. The van der Waals surface area contributed by atoms with Crippen molar-refractivity contribution in [3.8, 4) is 5.69 Å². The van der Waals surface area contributed by atoms with Gasteiger partial charge in [0.25, 0.3) is 11.8 Å². The number of halogens is 4. The van der Waals surface area contributed by atoms with E-state index in [9.17, 15) is 36.7 Å². The second-order valence-electron chi connectivity index (χ2n) is 12.2. The number of likely N-dealkylation sites (N-methyl/N-ethyl adjacent to an activating group) is 2. The van der Waals surface area contributed by atoms with E-state index >= 15 is 0 Å². The number of para-hydroxylation sites is 1. The molecule has 1 aliphatic heterocycles. The van der Waals surface area contributed by atoms with Gasteiger partial charge >= 0.3 is 6.18 Å². The van der Waals surface area contributed by atoms with Crippen LogP contribution in [0.15, 0.2) is 91.0 Å². The number of anilines is 1. The van der Waals surface area contributed by atoms with Gasteiger partial charge in [-0.3, -0.25) is 24.1 Å². The number of rotatable bonds is 12. The number of benzene rings is 3. The molecule has 4 amide bonds. The molecule has 272 valence electrons. The average Bonchev–Trinajstić information content (AvgIpc) is 3.49. The molecule has 15 heteroatoms. The first-order chi connectivity index (χ1) is 24.8. The summed E-state index contributed by atoms with van der Waals surface area (Å²) in [6, 6.07) is 16.6. The Balaban J connectivity index is 1.58. The van der Waals surface area contributed by atoms with Crippen molar-refractivity contribution in [2.45, 2.75) is 31.6 Å². The van der Waals surface area contributed by atoms with Crippen molar-refractivity contribution in [2.24, 2.45) is 0 Å². The van der Waals surface area contributed by atoms with E-state index in [1.54, 1.807) is 37.3 Å². The van der Waals surface area contributed by atoms with Crippen LogP contribution in [0.5, 0.6) is 0 Å². The Bertz CT molecular complexity index is 1960. The quantitative estimate of drug-likeness (QED) is 0.149. The molecule has 0 aliphatic carbocycles. The normalized spacial score (nSPS) is 15.8. The van der Waals surface area contributed by atoms with Gasteiger partial charge < -0.3 is 20.9 Å². The first-order valence-electron chi connectivity index (χ1n) is 16.4. The molecule has 0 fully saturated rings. The van der Waals surface area contributed by atoms with Gasteiger partial charge in [-0.25, -0.2) is 9.07 Å². The van der Waals surface area contributed by atoms with Crippen molar-refractivity contribution in [1.82, 2.24) is 30.6 Å². The highest BCUT2D eigenvalue weighted by atomic mass is 19.4. The Labute approximate surface area is 297 Å². The average molecular weight is 720 g/mol. The molecular weight excluding hydrogens is 682 g/mol. The van der Waals surface area contributed by atoms with Crippen molar-refractivity contribution in [3.05, 3.63) is 125 Å². The topological polar surface area (TPSA) is 129 Å². The molecule has 52 heavy (non-hydrogen) atoms. The summed E-state index contributed by atoms with van der Waals surface area (Å²) in [6.45, 7) is 2.61. The summed E-state index contributed by atoms with van der Waals surface area (Å²) in [4.78, 5) is 56.4. The van der Waals surface area contributed by atoms with Crippen molar-refractivity contribution >= 4 is 29.4 Å². The van der Waals surface area contributed by atoms with Gasteiger partial charge in [-0.15, -0.1) is 0 Å². The van der Waals surface area contributed by atoms with Crippen molar-refractivity contribution in [1.29, 1.82) is 0 Å². The minimum absolute atomic E-state index is 0.105. The highest BCUT2D eigenvalue weighted by molar-refractivity contribution is 6.05. The van der Waals surface area contributed by atoms with E-state index in [0.717, 1.165) is 24.3 Å². The van der Waals surface area contributed by atoms with E-state index in [1.807, 2.05) is 19.0 Å². The van der Waals surface area contributed by atoms with Crippen LogP contribution in [-0.4, -0.2) is 78.1 Å². The van der Waals surface area contributed by atoms with Gasteiger partial charge in [-0.1, -0.05) is 36.4 Å². The fourth-order valence-electron chi connectivity index (χ4n) is 5.89. The molecule has 2 atom stereocenters. The third-order valence-electron chi connectivity index (χ3n) is 8.36. The number of alkyl halides is 3. The fourth-order valence-corrected chi connectivity index (χ4v) is 5.89. The number of carbonyl (C=O) groups excluding carboxylic acids is 4. The fraction of sp³-hybridized carbons (Fsp3) is 0.270. The summed E-state index contributed by atoms with van der Waals surface area (Å²) in [5, 5.41) is 12.9. The van der Waals surface area contributed by atoms with Crippen LogP contribution in [0, 0.1) is 5.82 Å². The predicted molar refractivity (Wildman–Crippen MR) is 185 cm³/mol. The summed E-state index contributed by atoms with van der Waals surface area (Å²) in [6.07, 6.45) is -2.54. The lowest BCUT2D eigenvalue weighted by molar-refractivity contribution is -0.137. The number of hydrogen-bond donors (Lipinski definition) is 3. The molecule has 11 nitrogen and oxygen atoms in total. The third-order valence-corrected chi connectivity index (χ3v) is 8.36. The van der Waals surface area contributed by atoms with Crippen LogP contribution < -0.4 is 20.9 Å². The zero-order valence-electron chi connectivity index (χ0n) is 28.6. The molecule has 3 N–H and O–H groups in total. The minimum Gasteiger partial charge on any atom is -0.351 e. The van der Waals surface area contributed by atoms with E-state index in [2.05, 4.69) is 16.0 Å². The number of nitrogens with one attached hydrogen (secondary N) is 3. The Hall–Kier alpha value is -5.83. The van der Waals surface area contributed by atoms with Gasteiger partial charge in [-0.05, 0) is 69.0 Å².